The van der Waals surface area contributed by atoms with E-state index in [0.29, 0.717) is 0 Å². The summed E-state index contributed by atoms with van der Waals surface area (Å²) in [5.41, 5.74) is 3.83. The topological polar surface area (TPSA) is 20.3 Å². The van der Waals surface area contributed by atoms with Gasteiger partial charge in [0.1, 0.15) is 6.29 Å². The number of fused-ring (bicyclic) bond motifs is 1. The van der Waals surface area contributed by atoms with E-state index in [-0.39, 0.29) is 5.92 Å². The van der Waals surface area contributed by atoms with Gasteiger partial charge < -0.3 is 9.69 Å². The molecule has 1 unspecified atom stereocenters. The molecule has 1 aliphatic rings. The van der Waals surface area contributed by atoms with E-state index in [2.05, 4.69) is 47.4 Å². The van der Waals surface area contributed by atoms with Crippen LogP contribution in [0.1, 0.15) is 11.1 Å². The van der Waals surface area contributed by atoms with Crippen LogP contribution < -0.4 is 4.90 Å². The fourth-order valence-corrected chi connectivity index (χ4v) is 2.77. The predicted octanol–water partition coefficient (Wildman–Crippen LogP) is 3.06. The van der Waals surface area contributed by atoms with E-state index in [0.717, 1.165) is 25.8 Å². The SMILES string of the molecule is O=CC1Cc2ccccc2N(Cc2ccccc2)C1. The lowest BCUT2D eigenvalue weighted by Gasteiger charge is -2.34. The van der Waals surface area contributed by atoms with Crippen LogP contribution >= 0.6 is 0 Å². The molecule has 0 N–H and O–H groups in total. The highest BCUT2D eigenvalue weighted by Gasteiger charge is 2.23. The fourth-order valence-electron chi connectivity index (χ4n) is 2.77. The van der Waals surface area contributed by atoms with E-state index in [1.807, 2.05) is 12.1 Å². The zero-order chi connectivity index (χ0) is 13.1. The number of hydrogen-bond acceptors (Lipinski definition) is 2. The lowest BCUT2D eigenvalue weighted by molar-refractivity contribution is -0.110. The van der Waals surface area contributed by atoms with Gasteiger partial charge in [-0.25, -0.2) is 0 Å². The minimum Gasteiger partial charge on any atom is -0.366 e. The standard InChI is InChI=1S/C17H17NO/c19-13-15-10-16-8-4-5-9-17(16)18(12-15)11-14-6-2-1-3-7-14/h1-9,13,15H,10-12H2. The minimum absolute atomic E-state index is 0.110. The zero-order valence-corrected chi connectivity index (χ0v) is 10.8. The Morgan fingerprint density at radius 1 is 1.05 bits per heavy atom. The van der Waals surface area contributed by atoms with Crippen molar-refractivity contribution in [1.29, 1.82) is 0 Å². The van der Waals surface area contributed by atoms with Crippen molar-refractivity contribution in [3.8, 4) is 0 Å². The number of hydrogen-bond donors (Lipinski definition) is 0. The Kier molecular flexibility index (Phi) is 3.32. The molecular formula is C17H17NO. The van der Waals surface area contributed by atoms with Gasteiger partial charge in [-0.15, -0.1) is 0 Å². The maximum absolute atomic E-state index is 11.1. The predicted molar refractivity (Wildman–Crippen MR) is 77.2 cm³/mol. The summed E-state index contributed by atoms with van der Waals surface area (Å²) in [5.74, 6) is 0.110. The number of benzene rings is 2. The van der Waals surface area contributed by atoms with Crippen molar-refractivity contribution in [2.45, 2.75) is 13.0 Å². The number of rotatable bonds is 3. The average Bonchev–Trinajstić information content (AvgIpc) is 2.48. The molecule has 3 rings (SSSR count). The van der Waals surface area contributed by atoms with Crippen molar-refractivity contribution in [3.63, 3.8) is 0 Å². The average molecular weight is 251 g/mol. The largest absolute Gasteiger partial charge is 0.366 e. The van der Waals surface area contributed by atoms with Crippen molar-refractivity contribution in [2.24, 2.45) is 5.92 Å². The molecule has 2 aromatic carbocycles. The molecule has 0 aliphatic carbocycles. The quantitative estimate of drug-likeness (QED) is 0.781. The Labute approximate surface area is 113 Å². The number of aldehydes is 1. The van der Waals surface area contributed by atoms with Crippen LogP contribution in [0.4, 0.5) is 5.69 Å². The number of carbonyl (C=O) groups is 1. The second kappa shape index (κ2) is 5.27. The Morgan fingerprint density at radius 3 is 2.58 bits per heavy atom. The molecule has 0 bridgehead atoms. The molecule has 96 valence electrons. The van der Waals surface area contributed by atoms with Gasteiger partial charge in [-0.1, -0.05) is 48.5 Å². The van der Waals surface area contributed by atoms with Gasteiger partial charge in [-0.2, -0.15) is 0 Å². The third-order valence-electron chi connectivity index (χ3n) is 3.68. The van der Waals surface area contributed by atoms with E-state index in [1.165, 1.54) is 16.8 Å². The molecule has 1 heterocycles. The summed E-state index contributed by atoms with van der Waals surface area (Å²) in [6.07, 6.45) is 1.96. The summed E-state index contributed by atoms with van der Waals surface area (Å²) in [7, 11) is 0. The van der Waals surface area contributed by atoms with Crippen molar-refractivity contribution < 1.29 is 4.79 Å². The first-order valence-electron chi connectivity index (χ1n) is 6.69. The molecule has 0 saturated carbocycles. The maximum Gasteiger partial charge on any atom is 0.125 e. The van der Waals surface area contributed by atoms with Crippen molar-refractivity contribution in [2.75, 3.05) is 11.4 Å². The van der Waals surface area contributed by atoms with Crippen molar-refractivity contribution in [1.82, 2.24) is 0 Å². The first kappa shape index (κ1) is 12.0. The van der Waals surface area contributed by atoms with Gasteiger partial charge in [0.2, 0.25) is 0 Å². The Bertz CT molecular complexity index is 564. The molecule has 0 fully saturated rings. The van der Waals surface area contributed by atoms with Gasteiger partial charge in [0, 0.05) is 24.7 Å². The van der Waals surface area contributed by atoms with Crippen molar-refractivity contribution in [3.05, 3.63) is 65.7 Å². The number of para-hydroxylation sites is 1. The summed E-state index contributed by atoms with van der Waals surface area (Å²) in [6.45, 7) is 1.68. The highest BCUT2D eigenvalue weighted by molar-refractivity contribution is 5.63. The van der Waals surface area contributed by atoms with Crippen LogP contribution in [0.5, 0.6) is 0 Å². The van der Waals surface area contributed by atoms with Crippen LogP contribution in [0.3, 0.4) is 0 Å². The smallest absolute Gasteiger partial charge is 0.125 e. The zero-order valence-electron chi connectivity index (χ0n) is 10.8. The highest BCUT2D eigenvalue weighted by atomic mass is 16.1. The van der Waals surface area contributed by atoms with Crippen molar-refractivity contribution >= 4 is 12.0 Å². The Hall–Kier alpha value is -2.09. The van der Waals surface area contributed by atoms with Crippen LogP contribution in [0.25, 0.3) is 0 Å². The number of anilines is 1. The molecule has 0 saturated heterocycles. The summed E-state index contributed by atoms with van der Waals surface area (Å²) in [5, 5.41) is 0. The van der Waals surface area contributed by atoms with Crippen LogP contribution in [0.15, 0.2) is 54.6 Å². The molecule has 0 amide bonds. The van der Waals surface area contributed by atoms with Crippen LogP contribution in [0.2, 0.25) is 0 Å². The van der Waals surface area contributed by atoms with E-state index in [1.54, 1.807) is 0 Å². The van der Waals surface area contributed by atoms with Crippen LogP contribution in [0, 0.1) is 5.92 Å². The Morgan fingerprint density at radius 2 is 1.79 bits per heavy atom. The molecule has 2 aromatic rings. The normalized spacial score (nSPS) is 17.9. The molecule has 1 aliphatic heterocycles. The lowest BCUT2D eigenvalue weighted by atomic mass is 9.93. The highest BCUT2D eigenvalue weighted by Crippen LogP contribution is 2.30. The number of nitrogens with zero attached hydrogens (tertiary/aromatic N) is 1. The van der Waals surface area contributed by atoms with Gasteiger partial charge in [-0.05, 0) is 23.6 Å². The van der Waals surface area contributed by atoms with E-state index in [4.69, 9.17) is 0 Å². The molecular weight excluding hydrogens is 234 g/mol. The lowest BCUT2D eigenvalue weighted by Crippen LogP contribution is -2.35. The van der Waals surface area contributed by atoms with Crippen LogP contribution in [-0.4, -0.2) is 12.8 Å². The van der Waals surface area contributed by atoms with Gasteiger partial charge in [0.05, 0.1) is 0 Å². The summed E-state index contributed by atoms with van der Waals surface area (Å²) >= 11 is 0. The molecule has 19 heavy (non-hydrogen) atoms. The fraction of sp³-hybridized carbons (Fsp3) is 0.235. The maximum atomic E-state index is 11.1. The third-order valence-corrected chi connectivity index (χ3v) is 3.68. The molecule has 0 radical (unpaired) electrons. The minimum atomic E-state index is 0.110. The molecule has 2 nitrogen and oxygen atoms in total. The number of carbonyl (C=O) groups excluding carboxylic acids is 1. The van der Waals surface area contributed by atoms with Gasteiger partial charge >= 0.3 is 0 Å². The second-order valence-corrected chi connectivity index (χ2v) is 5.10. The van der Waals surface area contributed by atoms with E-state index in [9.17, 15) is 4.79 Å². The molecule has 2 heteroatoms. The molecule has 0 spiro atoms. The van der Waals surface area contributed by atoms with Gasteiger partial charge in [-0.3, -0.25) is 0 Å². The van der Waals surface area contributed by atoms with Gasteiger partial charge in [0.15, 0.2) is 0 Å². The van der Waals surface area contributed by atoms with E-state index < -0.39 is 0 Å². The molecule has 0 aromatic heterocycles. The van der Waals surface area contributed by atoms with Crippen LogP contribution in [-0.2, 0) is 17.8 Å². The van der Waals surface area contributed by atoms with Gasteiger partial charge in [0.25, 0.3) is 0 Å². The molecule has 1 atom stereocenters. The first-order chi connectivity index (χ1) is 9.36. The van der Waals surface area contributed by atoms with E-state index >= 15 is 0 Å². The monoisotopic (exact) mass is 251 g/mol. The second-order valence-electron chi connectivity index (χ2n) is 5.10. The Balaban J connectivity index is 1.90. The first-order valence-corrected chi connectivity index (χ1v) is 6.69. The summed E-state index contributed by atoms with van der Waals surface area (Å²) in [4.78, 5) is 13.5. The summed E-state index contributed by atoms with van der Waals surface area (Å²) in [6, 6.07) is 18.8. The summed E-state index contributed by atoms with van der Waals surface area (Å²) < 4.78 is 0. The third kappa shape index (κ3) is 2.53.